The molecule has 2 atom stereocenters. The van der Waals surface area contributed by atoms with Gasteiger partial charge in [-0.1, -0.05) is 13.8 Å². The molecule has 0 aromatic rings. The van der Waals surface area contributed by atoms with Crippen LogP contribution in [-0.4, -0.2) is 47.8 Å². The van der Waals surface area contributed by atoms with Gasteiger partial charge in [-0.05, 0) is 39.3 Å². The average molecular weight is 214 g/mol. The van der Waals surface area contributed by atoms with Gasteiger partial charge in [0.15, 0.2) is 0 Å². The minimum Gasteiger partial charge on any atom is -0.389 e. The molecule has 1 rings (SSSR count). The Morgan fingerprint density at radius 2 is 2.20 bits per heavy atom. The van der Waals surface area contributed by atoms with Gasteiger partial charge in [0.05, 0.1) is 5.60 Å². The van der Waals surface area contributed by atoms with Crippen molar-refractivity contribution in [2.24, 2.45) is 0 Å². The summed E-state index contributed by atoms with van der Waals surface area (Å²) in [4.78, 5) is 2.39. The molecule has 0 aromatic carbocycles. The number of rotatable bonds is 5. The monoisotopic (exact) mass is 214 g/mol. The lowest BCUT2D eigenvalue weighted by atomic mass is 9.99. The standard InChI is InChI=1S/C12H26N2O/c1-4-12(3,15)10-14-8-6-7-11(9-14)13-5-2/h11,13,15H,4-10H2,1-3H3. The van der Waals surface area contributed by atoms with E-state index in [1.165, 1.54) is 12.8 Å². The van der Waals surface area contributed by atoms with E-state index in [2.05, 4.69) is 17.1 Å². The molecule has 2 N–H and O–H groups in total. The van der Waals surface area contributed by atoms with E-state index in [0.29, 0.717) is 6.04 Å². The number of hydrogen-bond donors (Lipinski definition) is 2. The second kappa shape index (κ2) is 5.83. The van der Waals surface area contributed by atoms with Gasteiger partial charge in [-0.15, -0.1) is 0 Å². The van der Waals surface area contributed by atoms with Crippen LogP contribution in [0, 0.1) is 0 Å². The van der Waals surface area contributed by atoms with Crippen molar-refractivity contribution >= 4 is 0 Å². The van der Waals surface area contributed by atoms with Crippen molar-refractivity contribution < 1.29 is 5.11 Å². The van der Waals surface area contributed by atoms with Gasteiger partial charge in [-0.3, -0.25) is 4.90 Å². The highest BCUT2D eigenvalue weighted by Crippen LogP contribution is 2.16. The summed E-state index contributed by atoms with van der Waals surface area (Å²) in [6, 6.07) is 0.622. The van der Waals surface area contributed by atoms with E-state index in [0.717, 1.165) is 32.6 Å². The highest BCUT2D eigenvalue weighted by atomic mass is 16.3. The Labute approximate surface area is 93.9 Å². The Bertz CT molecular complexity index is 180. The summed E-state index contributed by atoms with van der Waals surface area (Å²) in [5, 5.41) is 13.5. The van der Waals surface area contributed by atoms with Crippen LogP contribution in [0.2, 0.25) is 0 Å². The van der Waals surface area contributed by atoms with Gasteiger partial charge in [0.2, 0.25) is 0 Å². The molecule has 0 saturated carbocycles. The second-order valence-electron chi connectivity index (χ2n) is 4.98. The number of hydrogen-bond acceptors (Lipinski definition) is 3. The van der Waals surface area contributed by atoms with Gasteiger partial charge in [0.1, 0.15) is 0 Å². The van der Waals surface area contributed by atoms with Gasteiger partial charge < -0.3 is 10.4 Å². The van der Waals surface area contributed by atoms with Crippen molar-refractivity contribution in [3.05, 3.63) is 0 Å². The van der Waals surface area contributed by atoms with Crippen LogP contribution in [0.25, 0.3) is 0 Å². The van der Waals surface area contributed by atoms with Crippen LogP contribution in [-0.2, 0) is 0 Å². The molecule has 1 saturated heterocycles. The van der Waals surface area contributed by atoms with E-state index < -0.39 is 5.60 Å². The summed E-state index contributed by atoms with van der Waals surface area (Å²) in [6.07, 6.45) is 3.35. The topological polar surface area (TPSA) is 35.5 Å². The van der Waals surface area contributed by atoms with Gasteiger partial charge in [-0.25, -0.2) is 0 Å². The third kappa shape index (κ3) is 4.49. The second-order valence-corrected chi connectivity index (χ2v) is 4.98. The molecular formula is C12H26N2O. The largest absolute Gasteiger partial charge is 0.389 e. The van der Waals surface area contributed by atoms with Crippen LogP contribution in [0.5, 0.6) is 0 Å². The molecular weight excluding hydrogens is 188 g/mol. The van der Waals surface area contributed by atoms with E-state index in [4.69, 9.17) is 0 Å². The molecule has 0 aromatic heterocycles. The third-order valence-electron chi connectivity index (χ3n) is 3.32. The summed E-state index contributed by atoms with van der Waals surface area (Å²) >= 11 is 0. The van der Waals surface area contributed by atoms with Crippen molar-refractivity contribution in [2.45, 2.75) is 51.7 Å². The molecule has 3 heteroatoms. The number of nitrogens with one attached hydrogen (secondary N) is 1. The summed E-state index contributed by atoms with van der Waals surface area (Å²) in [5.74, 6) is 0. The Hall–Kier alpha value is -0.120. The molecule has 1 fully saturated rings. The lowest BCUT2D eigenvalue weighted by molar-refractivity contribution is 0.00744. The van der Waals surface area contributed by atoms with Crippen LogP contribution in [0.4, 0.5) is 0 Å². The Kier molecular flexibility index (Phi) is 5.03. The number of likely N-dealkylation sites (tertiary alicyclic amines) is 1. The van der Waals surface area contributed by atoms with Crippen LogP contribution in [0.15, 0.2) is 0 Å². The molecule has 0 amide bonds. The molecule has 3 nitrogen and oxygen atoms in total. The lowest BCUT2D eigenvalue weighted by Gasteiger charge is -2.37. The Morgan fingerprint density at radius 3 is 2.80 bits per heavy atom. The summed E-state index contributed by atoms with van der Waals surface area (Å²) in [5.41, 5.74) is -0.520. The van der Waals surface area contributed by atoms with E-state index in [1.807, 2.05) is 13.8 Å². The number of nitrogens with zero attached hydrogens (tertiary/aromatic N) is 1. The summed E-state index contributed by atoms with van der Waals surface area (Å²) in [7, 11) is 0. The van der Waals surface area contributed by atoms with Gasteiger partial charge in [0.25, 0.3) is 0 Å². The van der Waals surface area contributed by atoms with Crippen molar-refractivity contribution in [1.29, 1.82) is 0 Å². The van der Waals surface area contributed by atoms with E-state index in [1.54, 1.807) is 0 Å². The average Bonchev–Trinajstić information content (AvgIpc) is 2.18. The van der Waals surface area contributed by atoms with Crippen molar-refractivity contribution in [1.82, 2.24) is 10.2 Å². The molecule has 0 aliphatic carbocycles. The lowest BCUT2D eigenvalue weighted by Crippen LogP contribution is -2.50. The summed E-state index contributed by atoms with van der Waals surface area (Å²) in [6.45, 7) is 10.2. The van der Waals surface area contributed by atoms with Crippen LogP contribution >= 0.6 is 0 Å². The molecule has 0 spiro atoms. The SMILES string of the molecule is CCNC1CCCN(CC(C)(O)CC)C1. The molecule has 15 heavy (non-hydrogen) atoms. The minimum atomic E-state index is -0.520. The van der Waals surface area contributed by atoms with Gasteiger partial charge in [0, 0.05) is 19.1 Å². The van der Waals surface area contributed by atoms with E-state index in [9.17, 15) is 5.11 Å². The first-order valence-corrected chi connectivity index (χ1v) is 6.25. The minimum absolute atomic E-state index is 0.520. The first-order chi connectivity index (χ1) is 7.07. The van der Waals surface area contributed by atoms with Gasteiger partial charge in [-0.2, -0.15) is 0 Å². The maximum atomic E-state index is 10.0. The molecule has 0 radical (unpaired) electrons. The zero-order valence-corrected chi connectivity index (χ0v) is 10.4. The predicted octanol–water partition coefficient (Wildman–Crippen LogP) is 1.22. The van der Waals surface area contributed by atoms with E-state index in [-0.39, 0.29) is 0 Å². The smallest absolute Gasteiger partial charge is 0.0743 e. The number of β-amino-alcohol motifs (C(OH)–C–C–N with tert-alkyl or cyclic N) is 1. The first-order valence-electron chi connectivity index (χ1n) is 6.25. The molecule has 1 aliphatic rings. The molecule has 2 unspecified atom stereocenters. The quantitative estimate of drug-likeness (QED) is 0.722. The zero-order chi connectivity index (χ0) is 11.3. The fourth-order valence-electron chi connectivity index (χ4n) is 2.25. The van der Waals surface area contributed by atoms with Crippen LogP contribution < -0.4 is 5.32 Å². The normalized spacial score (nSPS) is 27.6. The number of piperidine rings is 1. The van der Waals surface area contributed by atoms with Crippen LogP contribution in [0.1, 0.15) is 40.0 Å². The van der Waals surface area contributed by atoms with Crippen molar-refractivity contribution in [3.63, 3.8) is 0 Å². The van der Waals surface area contributed by atoms with E-state index >= 15 is 0 Å². The molecule has 0 bridgehead atoms. The van der Waals surface area contributed by atoms with Crippen molar-refractivity contribution in [3.8, 4) is 0 Å². The molecule has 90 valence electrons. The fraction of sp³-hybridized carbons (Fsp3) is 1.00. The Balaban J connectivity index is 2.36. The fourth-order valence-corrected chi connectivity index (χ4v) is 2.25. The zero-order valence-electron chi connectivity index (χ0n) is 10.4. The number of aliphatic hydroxyl groups is 1. The van der Waals surface area contributed by atoms with Gasteiger partial charge >= 0.3 is 0 Å². The Morgan fingerprint density at radius 1 is 1.47 bits per heavy atom. The maximum Gasteiger partial charge on any atom is 0.0743 e. The number of likely N-dealkylation sites (N-methyl/N-ethyl adjacent to an activating group) is 1. The highest BCUT2D eigenvalue weighted by molar-refractivity contribution is 4.82. The predicted molar refractivity (Wildman–Crippen MR) is 64.1 cm³/mol. The molecule has 1 heterocycles. The molecule has 1 aliphatic heterocycles. The first kappa shape index (κ1) is 12.9. The highest BCUT2D eigenvalue weighted by Gasteiger charge is 2.25. The van der Waals surface area contributed by atoms with Crippen LogP contribution in [0.3, 0.4) is 0 Å². The summed E-state index contributed by atoms with van der Waals surface area (Å²) < 4.78 is 0. The maximum absolute atomic E-state index is 10.0. The third-order valence-corrected chi connectivity index (χ3v) is 3.32. The van der Waals surface area contributed by atoms with Crippen molar-refractivity contribution in [2.75, 3.05) is 26.2 Å².